The second-order valence-electron chi connectivity index (χ2n) is 25.4. The van der Waals surface area contributed by atoms with Crippen LogP contribution in [0.1, 0.15) is 362 Å². The van der Waals surface area contributed by atoms with E-state index in [-0.39, 0.29) is 0 Å². The number of hydrogen-bond donors (Lipinski definition) is 0. The van der Waals surface area contributed by atoms with Crippen molar-refractivity contribution in [1.29, 1.82) is 0 Å². The Bertz CT molecular complexity index is 1100. The monoisotopic (exact) mass is 1080 g/mol. The second-order valence-corrected chi connectivity index (χ2v) is 25.4. The highest BCUT2D eigenvalue weighted by Crippen LogP contribution is 2.18. The second kappa shape index (κ2) is 61.4. The number of piperazine rings is 1. The summed E-state index contributed by atoms with van der Waals surface area (Å²) >= 11 is 0. The van der Waals surface area contributed by atoms with Gasteiger partial charge in [0.2, 0.25) is 5.91 Å². The van der Waals surface area contributed by atoms with Crippen LogP contribution >= 0.6 is 0 Å². The Balaban J connectivity index is 2.77. The van der Waals surface area contributed by atoms with Crippen LogP contribution in [0.5, 0.6) is 0 Å². The van der Waals surface area contributed by atoms with E-state index in [1.165, 1.54) is 367 Å². The van der Waals surface area contributed by atoms with Gasteiger partial charge in [-0.1, -0.05) is 330 Å². The van der Waals surface area contributed by atoms with Gasteiger partial charge in [-0.05, 0) is 64.8 Å². The normalized spacial score (nSPS) is 13.4. The topological polar surface area (TPSA) is 33.3 Å². The molecule has 0 atom stereocenters. The van der Waals surface area contributed by atoms with Gasteiger partial charge in [0.1, 0.15) is 0 Å². The smallest absolute Gasteiger partial charge is 0.236 e. The molecule has 0 aromatic carbocycles. The van der Waals surface area contributed by atoms with Crippen LogP contribution < -0.4 is 0 Å². The van der Waals surface area contributed by atoms with Gasteiger partial charge in [0, 0.05) is 52.4 Å². The van der Waals surface area contributed by atoms with Crippen LogP contribution in [0.4, 0.5) is 0 Å². The fraction of sp³-hybridized carbons (Fsp3) is 0.986. The van der Waals surface area contributed by atoms with E-state index >= 15 is 0 Å². The van der Waals surface area contributed by atoms with Crippen LogP contribution in [-0.2, 0) is 4.79 Å². The highest BCUT2D eigenvalue weighted by atomic mass is 16.2. The van der Waals surface area contributed by atoms with Gasteiger partial charge in [-0.2, -0.15) is 0 Å². The van der Waals surface area contributed by atoms with Crippen molar-refractivity contribution < 1.29 is 4.79 Å². The molecule has 6 heteroatoms. The third kappa shape index (κ3) is 51.9. The zero-order chi connectivity index (χ0) is 55.4. The molecular formula is C71H145N5O. The summed E-state index contributed by atoms with van der Waals surface area (Å²) in [4.78, 5) is 27.3. The fourth-order valence-corrected chi connectivity index (χ4v) is 12.3. The number of hydrogen-bond acceptors (Lipinski definition) is 5. The van der Waals surface area contributed by atoms with Crippen LogP contribution in [0, 0.1) is 0 Å². The van der Waals surface area contributed by atoms with E-state index in [9.17, 15) is 4.79 Å². The third-order valence-electron chi connectivity index (χ3n) is 17.9. The van der Waals surface area contributed by atoms with E-state index in [4.69, 9.17) is 0 Å². The minimum atomic E-state index is 0.396. The molecule has 0 N–H and O–H groups in total. The molecule has 1 fully saturated rings. The molecule has 6 nitrogen and oxygen atoms in total. The number of unbranched alkanes of at least 4 members (excludes halogenated alkanes) is 46. The van der Waals surface area contributed by atoms with Crippen molar-refractivity contribution in [3.63, 3.8) is 0 Å². The highest BCUT2D eigenvalue weighted by Gasteiger charge is 2.23. The van der Waals surface area contributed by atoms with Gasteiger partial charge in [-0.25, -0.2) is 0 Å². The predicted molar refractivity (Wildman–Crippen MR) is 346 cm³/mol. The minimum Gasteiger partial charge on any atom is -0.339 e. The zero-order valence-corrected chi connectivity index (χ0v) is 54.1. The van der Waals surface area contributed by atoms with Crippen molar-refractivity contribution in [2.24, 2.45) is 0 Å². The van der Waals surface area contributed by atoms with Crippen LogP contribution in [0.25, 0.3) is 0 Å². The van der Waals surface area contributed by atoms with Crippen LogP contribution in [0.3, 0.4) is 0 Å². The van der Waals surface area contributed by atoms with Gasteiger partial charge in [0.25, 0.3) is 0 Å². The molecular weight excluding hydrogens is 939 g/mol. The maximum Gasteiger partial charge on any atom is 0.236 e. The van der Waals surface area contributed by atoms with E-state index in [1.807, 2.05) is 0 Å². The number of carbonyl (C=O) groups excluding carboxylic acids is 1. The first-order valence-corrected chi connectivity index (χ1v) is 36.2. The average molecular weight is 1080 g/mol. The summed E-state index contributed by atoms with van der Waals surface area (Å²) in [5.41, 5.74) is 0. The standard InChI is InChI=1S/C71H145N5O/c1-6-11-16-21-26-31-36-41-46-51-56-61-75(60-55-50-45-40-35-30-25-20-15-10-5)70-71(77)76-68-66-74(67-69-76)65-64-73(59-54-49-44-39-34-29-24-19-14-9-4)63-62-72(57-52-47-42-37-32-27-22-17-12-7-2)58-53-48-43-38-33-28-23-18-13-8-3/h6-70H2,1-5H3. The summed E-state index contributed by atoms with van der Waals surface area (Å²) in [5.74, 6) is 0.396. The van der Waals surface area contributed by atoms with E-state index in [0.29, 0.717) is 12.5 Å². The average Bonchev–Trinajstić information content (AvgIpc) is 3.44. The molecule has 0 radical (unpaired) electrons. The summed E-state index contributed by atoms with van der Waals surface area (Å²) in [6, 6.07) is 0. The summed E-state index contributed by atoms with van der Waals surface area (Å²) < 4.78 is 0. The van der Waals surface area contributed by atoms with Crippen LogP contribution in [0.2, 0.25) is 0 Å². The summed E-state index contributed by atoms with van der Waals surface area (Å²) in [7, 11) is 0. The first kappa shape index (κ1) is 74.3. The van der Waals surface area contributed by atoms with Crippen LogP contribution in [0.15, 0.2) is 0 Å². The number of rotatable bonds is 64. The molecule has 0 aromatic heterocycles. The van der Waals surface area contributed by atoms with Gasteiger partial charge in [0.05, 0.1) is 6.54 Å². The molecule has 1 heterocycles. The number of amides is 1. The Kier molecular flexibility index (Phi) is 59.2. The minimum absolute atomic E-state index is 0.396. The van der Waals surface area contributed by atoms with Gasteiger partial charge >= 0.3 is 0 Å². The lowest BCUT2D eigenvalue weighted by Gasteiger charge is -2.37. The third-order valence-corrected chi connectivity index (χ3v) is 17.9. The summed E-state index contributed by atoms with van der Waals surface area (Å²) in [6.07, 6.45) is 71.5. The van der Waals surface area contributed by atoms with E-state index in [1.54, 1.807) is 0 Å². The van der Waals surface area contributed by atoms with Crippen LogP contribution in [-0.4, -0.2) is 122 Å². The van der Waals surface area contributed by atoms with Gasteiger partial charge in [-0.15, -0.1) is 0 Å². The van der Waals surface area contributed by atoms with Crippen molar-refractivity contribution >= 4 is 5.91 Å². The predicted octanol–water partition coefficient (Wildman–Crippen LogP) is 21.0. The van der Waals surface area contributed by atoms with Gasteiger partial charge in [0.15, 0.2) is 0 Å². The van der Waals surface area contributed by atoms with Gasteiger partial charge < -0.3 is 14.7 Å². The van der Waals surface area contributed by atoms with Crippen molar-refractivity contribution in [2.45, 2.75) is 362 Å². The Morgan fingerprint density at radius 3 is 0.701 bits per heavy atom. The molecule has 0 saturated carbocycles. The molecule has 0 aliphatic carbocycles. The molecule has 1 amide bonds. The Hall–Kier alpha value is -0.690. The zero-order valence-electron chi connectivity index (χ0n) is 54.1. The first-order chi connectivity index (χ1) is 38.1. The lowest BCUT2D eigenvalue weighted by atomic mass is 10.1. The molecule has 0 bridgehead atoms. The lowest BCUT2D eigenvalue weighted by molar-refractivity contribution is -0.134. The Labute approximate surface area is 486 Å². The SMILES string of the molecule is CCCCCCCCCCCCCN(CCCCCCCCCCCC)CC(=O)N1CCN(CCN(CCCCCCCCCCCC)CCN(CCCCCCCCCCCC)CCCCCCCCCCCC)CC1. The summed E-state index contributed by atoms with van der Waals surface area (Å²) in [6.45, 7) is 27.0. The maximum absolute atomic E-state index is 14.0. The molecule has 1 saturated heterocycles. The highest BCUT2D eigenvalue weighted by molar-refractivity contribution is 5.78. The van der Waals surface area contributed by atoms with Crippen molar-refractivity contribution in [2.75, 3.05) is 91.6 Å². The first-order valence-electron chi connectivity index (χ1n) is 36.2. The molecule has 0 aromatic rings. The Morgan fingerprint density at radius 1 is 0.247 bits per heavy atom. The summed E-state index contributed by atoms with van der Waals surface area (Å²) in [5, 5.41) is 0. The molecule has 77 heavy (non-hydrogen) atoms. The largest absolute Gasteiger partial charge is 0.339 e. The van der Waals surface area contributed by atoms with Crippen molar-refractivity contribution in [1.82, 2.24) is 24.5 Å². The molecule has 1 aliphatic heterocycles. The van der Waals surface area contributed by atoms with E-state index in [0.717, 1.165) is 45.8 Å². The van der Waals surface area contributed by atoms with E-state index < -0.39 is 0 Å². The van der Waals surface area contributed by atoms with Crippen molar-refractivity contribution in [3.8, 4) is 0 Å². The number of carbonyl (C=O) groups is 1. The quantitative estimate of drug-likeness (QED) is 0.0567. The molecule has 460 valence electrons. The Morgan fingerprint density at radius 2 is 0.455 bits per heavy atom. The van der Waals surface area contributed by atoms with Gasteiger partial charge in [-0.3, -0.25) is 14.6 Å². The molecule has 1 rings (SSSR count). The van der Waals surface area contributed by atoms with E-state index in [2.05, 4.69) is 59.1 Å². The maximum atomic E-state index is 14.0. The molecule has 1 aliphatic rings. The molecule has 0 spiro atoms. The fourth-order valence-electron chi connectivity index (χ4n) is 12.3. The number of nitrogens with zero attached hydrogens (tertiary/aromatic N) is 5. The lowest BCUT2D eigenvalue weighted by Crippen LogP contribution is -2.52. The molecule has 0 unspecified atom stereocenters. The van der Waals surface area contributed by atoms with Crippen molar-refractivity contribution in [3.05, 3.63) is 0 Å².